The zero-order valence-corrected chi connectivity index (χ0v) is 9.26. The van der Waals surface area contributed by atoms with E-state index >= 15 is 0 Å². The predicted octanol–water partition coefficient (Wildman–Crippen LogP) is 2.98. The van der Waals surface area contributed by atoms with Gasteiger partial charge in [-0.15, -0.1) is 11.3 Å². The number of rotatable bonds is 1. The number of fused-ring (bicyclic) bond motifs is 1. The first-order chi connectivity index (χ1) is 7.45. The Morgan fingerprint density at radius 1 is 1.13 bits per heavy atom. The molecule has 2 aromatic rings. The molecule has 0 saturated carbocycles. The monoisotopic (exact) mass is 215 g/mol. The third-order valence-corrected chi connectivity index (χ3v) is 4.04. The van der Waals surface area contributed by atoms with Crippen molar-refractivity contribution < 1.29 is 0 Å². The van der Waals surface area contributed by atoms with Crippen molar-refractivity contribution in [3.8, 4) is 0 Å². The molecule has 0 fully saturated rings. The van der Waals surface area contributed by atoms with Gasteiger partial charge in [0, 0.05) is 23.9 Å². The van der Waals surface area contributed by atoms with Gasteiger partial charge in [-0.1, -0.05) is 30.3 Å². The first-order valence-electron chi connectivity index (χ1n) is 5.27. The molecule has 0 spiro atoms. The van der Waals surface area contributed by atoms with Crippen molar-refractivity contribution in [1.82, 2.24) is 5.32 Å². The Kier molecular flexibility index (Phi) is 2.31. The molecule has 0 unspecified atom stereocenters. The second-order valence-electron chi connectivity index (χ2n) is 3.90. The highest BCUT2D eigenvalue weighted by Crippen LogP contribution is 2.33. The summed E-state index contributed by atoms with van der Waals surface area (Å²) in [6.07, 6.45) is 0. The summed E-state index contributed by atoms with van der Waals surface area (Å²) in [4.78, 5) is 1.54. The maximum atomic E-state index is 3.48. The number of nitrogens with one attached hydrogen (secondary N) is 1. The topological polar surface area (TPSA) is 12.0 Å². The van der Waals surface area contributed by atoms with E-state index in [4.69, 9.17) is 0 Å². The fraction of sp³-hybridized carbons (Fsp3) is 0.231. The SMILES string of the molecule is c1ccc([C@H]2CNCc3ccsc32)cc1. The lowest BCUT2D eigenvalue weighted by molar-refractivity contribution is 0.601. The molecule has 3 rings (SSSR count). The lowest BCUT2D eigenvalue weighted by Crippen LogP contribution is -2.27. The summed E-state index contributed by atoms with van der Waals surface area (Å²) in [7, 11) is 0. The van der Waals surface area contributed by atoms with Crippen molar-refractivity contribution in [1.29, 1.82) is 0 Å². The van der Waals surface area contributed by atoms with Crippen LogP contribution in [-0.4, -0.2) is 6.54 Å². The first kappa shape index (κ1) is 9.13. The molecule has 1 nitrogen and oxygen atoms in total. The lowest BCUT2D eigenvalue weighted by Gasteiger charge is -2.23. The Morgan fingerprint density at radius 3 is 2.87 bits per heavy atom. The van der Waals surface area contributed by atoms with Crippen LogP contribution in [0.4, 0.5) is 0 Å². The van der Waals surface area contributed by atoms with Gasteiger partial charge in [0.1, 0.15) is 0 Å². The van der Waals surface area contributed by atoms with Crippen LogP contribution in [-0.2, 0) is 6.54 Å². The fourth-order valence-corrected chi connectivity index (χ4v) is 3.25. The van der Waals surface area contributed by atoms with E-state index in [0.29, 0.717) is 5.92 Å². The van der Waals surface area contributed by atoms with Crippen LogP contribution in [0.1, 0.15) is 21.9 Å². The van der Waals surface area contributed by atoms with Gasteiger partial charge in [-0.2, -0.15) is 0 Å². The van der Waals surface area contributed by atoms with E-state index in [0.717, 1.165) is 13.1 Å². The Bertz CT molecular complexity index is 447. The maximum Gasteiger partial charge on any atom is 0.0312 e. The number of benzene rings is 1. The van der Waals surface area contributed by atoms with E-state index < -0.39 is 0 Å². The van der Waals surface area contributed by atoms with E-state index in [2.05, 4.69) is 47.1 Å². The van der Waals surface area contributed by atoms with Crippen LogP contribution in [0.25, 0.3) is 0 Å². The Labute approximate surface area is 93.8 Å². The van der Waals surface area contributed by atoms with Gasteiger partial charge in [0.15, 0.2) is 0 Å². The summed E-state index contributed by atoms with van der Waals surface area (Å²) >= 11 is 1.89. The predicted molar refractivity (Wildman–Crippen MR) is 64.3 cm³/mol. The molecule has 1 aliphatic heterocycles. The minimum Gasteiger partial charge on any atom is -0.312 e. The van der Waals surface area contributed by atoms with Crippen molar-refractivity contribution in [2.24, 2.45) is 0 Å². The maximum absolute atomic E-state index is 3.48. The molecule has 2 heterocycles. The Morgan fingerprint density at radius 2 is 2.00 bits per heavy atom. The van der Waals surface area contributed by atoms with E-state index in [1.165, 1.54) is 11.1 Å². The normalized spacial score (nSPS) is 19.9. The molecule has 0 radical (unpaired) electrons. The highest BCUT2D eigenvalue weighted by molar-refractivity contribution is 7.10. The molecule has 1 aromatic heterocycles. The number of hydrogen-bond donors (Lipinski definition) is 1. The third kappa shape index (κ3) is 1.60. The van der Waals surface area contributed by atoms with Gasteiger partial charge in [-0.25, -0.2) is 0 Å². The zero-order valence-electron chi connectivity index (χ0n) is 8.44. The molecule has 0 amide bonds. The summed E-state index contributed by atoms with van der Waals surface area (Å²) in [6.45, 7) is 2.10. The van der Waals surface area contributed by atoms with Gasteiger partial charge >= 0.3 is 0 Å². The fourth-order valence-electron chi connectivity index (χ4n) is 2.20. The molecule has 1 N–H and O–H groups in total. The van der Waals surface area contributed by atoms with Crippen molar-refractivity contribution in [2.45, 2.75) is 12.5 Å². The van der Waals surface area contributed by atoms with Crippen LogP contribution in [0.2, 0.25) is 0 Å². The van der Waals surface area contributed by atoms with Gasteiger partial charge in [0.05, 0.1) is 0 Å². The van der Waals surface area contributed by atoms with Gasteiger partial charge < -0.3 is 5.32 Å². The van der Waals surface area contributed by atoms with Gasteiger partial charge in [0.25, 0.3) is 0 Å². The molecule has 2 heteroatoms. The van der Waals surface area contributed by atoms with Crippen molar-refractivity contribution in [2.75, 3.05) is 6.54 Å². The van der Waals surface area contributed by atoms with Crippen LogP contribution >= 0.6 is 11.3 Å². The summed E-state index contributed by atoms with van der Waals surface area (Å²) in [5.74, 6) is 0.551. The molecule has 15 heavy (non-hydrogen) atoms. The molecule has 0 bridgehead atoms. The van der Waals surface area contributed by atoms with Crippen LogP contribution in [0.5, 0.6) is 0 Å². The number of hydrogen-bond acceptors (Lipinski definition) is 2. The van der Waals surface area contributed by atoms with Crippen molar-refractivity contribution in [3.63, 3.8) is 0 Å². The van der Waals surface area contributed by atoms with Crippen LogP contribution in [0.3, 0.4) is 0 Å². The van der Waals surface area contributed by atoms with E-state index in [-0.39, 0.29) is 0 Å². The molecule has 1 aliphatic rings. The van der Waals surface area contributed by atoms with Crippen LogP contribution in [0, 0.1) is 0 Å². The molecule has 0 saturated heterocycles. The molecule has 1 aromatic carbocycles. The molecule has 76 valence electrons. The largest absolute Gasteiger partial charge is 0.312 e. The lowest BCUT2D eigenvalue weighted by atomic mass is 9.92. The minimum atomic E-state index is 0.551. The van der Waals surface area contributed by atoms with Crippen molar-refractivity contribution in [3.05, 3.63) is 57.8 Å². The summed E-state index contributed by atoms with van der Waals surface area (Å²) < 4.78 is 0. The van der Waals surface area contributed by atoms with Crippen LogP contribution in [0.15, 0.2) is 41.8 Å². The summed E-state index contributed by atoms with van der Waals surface area (Å²) in [5, 5.41) is 5.68. The van der Waals surface area contributed by atoms with Gasteiger partial charge in [0.2, 0.25) is 0 Å². The van der Waals surface area contributed by atoms with Crippen LogP contribution < -0.4 is 5.32 Å². The second kappa shape index (κ2) is 3.80. The molecule has 0 aliphatic carbocycles. The number of thiophene rings is 1. The van der Waals surface area contributed by atoms with Gasteiger partial charge in [-0.3, -0.25) is 0 Å². The highest BCUT2D eigenvalue weighted by atomic mass is 32.1. The second-order valence-corrected chi connectivity index (χ2v) is 4.85. The quantitative estimate of drug-likeness (QED) is 0.771. The Balaban J connectivity index is 2.03. The molecule has 1 atom stereocenters. The summed E-state index contributed by atoms with van der Waals surface area (Å²) in [5.41, 5.74) is 2.90. The van der Waals surface area contributed by atoms with Gasteiger partial charge in [-0.05, 0) is 22.6 Å². The molecular weight excluding hydrogens is 202 g/mol. The highest BCUT2D eigenvalue weighted by Gasteiger charge is 2.22. The van der Waals surface area contributed by atoms with Crippen molar-refractivity contribution >= 4 is 11.3 Å². The smallest absolute Gasteiger partial charge is 0.0312 e. The standard InChI is InChI=1S/C13H13NS/c1-2-4-10(5-3-1)12-9-14-8-11-6-7-15-13(11)12/h1-7,12,14H,8-9H2/t12-/m1/s1. The van der Waals surface area contributed by atoms with E-state index in [1.807, 2.05) is 11.3 Å². The minimum absolute atomic E-state index is 0.551. The third-order valence-electron chi connectivity index (χ3n) is 2.96. The average molecular weight is 215 g/mol. The summed E-state index contributed by atoms with van der Waals surface area (Å²) in [6, 6.07) is 13.0. The zero-order chi connectivity index (χ0) is 10.1. The molecular formula is C13H13NS. The first-order valence-corrected chi connectivity index (χ1v) is 6.15. The van der Waals surface area contributed by atoms with E-state index in [1.54, 1.807) is 4.88 Å². The Hall–Kier alpha value is -1.12. The average Bonchev–Trinajstić information content (AvgIpc) is 2.78. The van der Waals surface area contributed by atoms with E-state index in [9.17, 15) is 0 Å².